The SMILES string of the molecule is CCCCCCCCCCCCCCCCCCCCCCCCC(=O)OC(CO)COP(=O)(O)OCC(CO)OC(=O)CCCCCCCCCCCCCCC. The number of unbranched alkanes of at least 4 members (excludes halogenated alkanes) is 33. The van der Waals surface area contributed by atoms with Crippen LogP contribution in [0.5, 0.6) is 0 Å². The first-order valence-electron chi connectivity index (χ1n) is 24.5. The molecule has 0 aliphatic heterocycles. The van der Waals surface area contributed by atoms with Gasteiger partial charge < -0.3 is 24.6 Å². The Morgan fingerprint density at radius 2 is 0.603 bits per heavy atom. The standard InChI is InChI=1S/C47H93O10P/c1-3-5-7-9-11-13-15-17-18-19-20-21-22-23-24-25-27-29-31-33-35-37-39-47(51)57-45(41-49)43-55-58(52,53)54-42-44(40-48)56-46(50)38-36-34-32-30-28-26-16-14-12-10-8-6-4-2/h44-45,48-49H,3-43H2,1-2H3,(H,52,53). The van der Waals surface area contributed by atoms with Crippen molar-refractivity contribution in [1.29, 1.82) is 0 Å². The van der Waals surface area contributed by atoms with Crippen molar-refractivity contribution in [3.63, 3.8) is 0 Å². The summed E-state index contributed by atoms with van der Waals surface area (Å²) >= 11 is 0. The van der Waals surface area contributed by atoms with E-state index >= 15 is 0 Å². The van der Waals surface area contributed by atoms with Gasteiger partial charge in [-0.1, -0.05) is 226 Å². The van der Waals surface area contributed by atoms with E-state index in [1.165, 1.54) is 173 Å². The van der Waals surface area contributed by atoms with Crippen molar-refractivity contribution in [2.45, 2.75) is 264 Å². The van der Waals surface area contributed by atoms with Crippen molar-refractivity contribution in [3.8, 4) is 0 Å². The van der Waals surface area contributed by atoms with E-state index in [4.69, 9.17) is 18.5 Å². The van der Waals surface area contributed by atoms with E-state index < -0.39 is 58.4 Å². The minimum absolute atomic E-state index is 0.199. The summed E-state index contributed by atoms with van der Waals surface area (Å²) < 4.78 is 32.7. The molecule has 0 fully saturated rings. The second-order valence-corrected chi connectivity index (χ2v) is 18.3. The highest BCUT2D eigenvalue weighted by Crippen LogP contribution is 2.43. The lowest BCUT2D eigenvalue weighted by Gasteiger charge is -2.20. The summed E-state index contributed by atoms with van der Waals surface area (Å²) in [5, 5.41) is 19.2. The lowest BCUT2D eigenvalue weighted by Crippen LogP contribution is -2.28. The topological polar surface area (TPSA) is 149 Å². The molecule has 346 valence electrons. The van der Waals surface area contributed by atoms with Crippen molar-refractivity contribution >= 4 is 19.8 Å². The van der Waals surface area contributed by atoms with Crippen LogP contribution in [0.2, 0.25) is 0 Å². The van der Waals surface area contributed by atoms with Crippen LogP contribution in [0.1, 0.15) is 251 Å². The minimum atomic E-state index is -4.63. The average molecular weight is 849 g/mol. The van der Waals surface area contributed by atoms with Crippen LogP contribution >= 0.6 is 7.82 Å². The van der Waals surface area contributed by atoms with Crippen LogP contribution in [0.4, 0.5) is 0 Å². The highest BCUT2D eigenvalue weighted by atomic mass is 31.2. The van der Waals surface area contributed by atoms with Crippen LogP contribution in [0, 0.1) is 0 Å². The number of phosphoric acid groups is 1. The molecule has 0 aromatic carbocycles. The molecule has 11 heteroatoms. The van der Waals surface area contributed by atoms with Crippen LogP contribution in [-0.2, 0) is 32.7 Å². The number of phosphoric ester groups is 1. The number of aliphatic hydroxyl groups excluding tert-OH is 2. The molecule has 0 spiro atoms. The maximum absolute atomic E-state index is 12.4. The molecule has 3 atom stereocenters. The van der Waals surface area contributed by atoms with Gasteiger partial charge in [0, 0.05) is 12.8 Å². The fraction of sp³-hybridized carbons (Fsp3) is 0.957. The highest BCUT2D eigenvalue weighted by molar-refractivity contribution is 7.47. The van der Waals surface area contributed by atoms with Crippen molar-refractivity contribution in [1.82, 2.24) is 0 Å². The van der Waals surface area contributed by atoms with Crippen LogP contribution in [0.25, 0.3) is 0 Å². The number of hydrogen-bond acceptors (Lipinski definition) is 9. The van der Waals surface area contributed by atoms with Gasteiger partial charge in [0.15, 0.2) is 0 Å². The smallest absolute Gasteiger partial charge is 0.457 e. The quantitative estimate of drug-likeness (QED) is 0.0307. The van der Waals surface area contributed by atoms with E-state index in [0.717, 1.165) is 38.5 Å². The molecule has 0 rings (SSSR count). The van der Waals surface area contributed by atoms with E-state index in [-0.39, 0.29) is 12.8 Å². The van der Waals surface area contributed by atoms with Gasteiger partial charge in [-0.2, -0.15) is 0 Å². The van der Waals surface area contributed by atoms with Gasteiger partial charge in [-0.3, -0.25) is 18.6 Å². The number of aliphatic hydroxyl groups is 2. The molecule has 0 aromatic heterocycles. The summed E-state index contributed by atoms with van der Waals surface area (Å²) in [6, 6.07) is 0. The summed E-state index contributed by atoms with van der Waals surface area (Å²) in [4.78, 5) is 34.6. The zero-order valence-electron chi connectivity index (χ0n) is 37.8. The van der Waals surface area contributed by atoms with Crippen molar-refractivity contribution in [3.05, 3.63) is 0 Å². The van der Waals surface area contributed by atoms with E-state index in [0.29, 0.717) is 12.8 Å². The summed E-state index contributed by atoms with van der Waals surface area (Å²) in [6.07, 6.45) is 42.2. The third-order valence-corrected chi connectivity index (χ3v) is 12.0. The summed E-state index contributed by atoms with van der Waals surface area (Å²) in [5.74, 6) is -1.00. The van der Waals surface area contributed by atoms with E-state index in [1.54, 1.807) is 0 Å². The number of esters is 2. The Labute approximate surface area is 356 Å². The molecule has 0 amide bonds. The minimum Gasteiger partial charge on any atom is -0.457 e. The Kier molecular flexibility index (Phi) is 43.3. The molecule has 3 unspecified atom stereocenters. The van der Waals surface area contributed by atoms with Crippen LogP contribution in [0.15, 0.2) is 0 Å². The largest absolute Gasteiger partial charge is 0.472 e. The molecule has 0 aliphatic carbocycles. The maximum Gasteiger partial charge on any atom is 0.472 e. The molecular formula is C47H93O10P. The number of ether oxygens (including phenoxy) is 2. The van der Waals surface area contributed by atoms with E-state index in [9.17, 15) is 29.3 Å². The van der Waals surface area contributed by atoms with Gasteiger partial charge in [0.25, 0.3) is 0 Å². The molecule has 0 aromatic rings. The van der Waals surface area contributed by atoms with Gasteiger partial charge in [-0.05, 0) is 12.8 Å². The first-order chi connectivity index (χ1) is 28.3. The van der Waals surface area contributed by atoms with Crippen molar-refractivity contribution in [2.75, 3.05) is 26.4 Å². The molecule has 0 aliphatic rings. The zero-order valence-corrected chi connectivity index (χ0v) is 38.7. The number of carbonyl (C=O) groups is 2. The fourth-order valence-electron chi connectivity index (χ4n) is 7.29. The van der Waals surface area contributed by atoms with Gasteiger partial charge in [0.05, 0.1) is 26.4 Å². The van der Waals surface area contributed by atoms with Crippen molar-refractivity contribution < 1.29 is 47.8 Å². The number of carbonyl (C=O) groups excluding carboxylic acids is 2. The molecule has 58 heavy (non-hydrogen) atoms. The molecule has 0 bridgehead atoms. The summed E-state index contributed by atoms with van der Waals surface area (Å²) in [6.45, 7) is 2.26. The van der Waals surface area contributed by atoms with E-state index in [1.807, 2.05) is 0 Å². The Hall–Kier alpha value is -1.03. The molecule has 10 nitrogen and oxygen atoms in total. The lowest BCUT2D eigenvalue weighted by atomic mass is 10.0. The predicted octanol–water partition coefficient (Wildman–Crippen LogP) is 13.4. The van der Waals surface area contributed by atoms with Crippen LogP contribution in [-0.4, -0.2) is 65.7 Å². The summed E-state index contributed by atoms with van der Waals surface area (Å²) in [5.41, 5.74) is 0. The molecule has 0 saturated heterocycles. The van der Waals surface area contributed by atoms with Gasteiger partial charge in [0.1, 0.15) is 12.2 Å². The third kappa shape index (κ3) is 41.7. The van der Waals surface area contributed by atoms with Gasteiger partial charge in [0.2, 0.25) is 0 Å². The number of hydrogen-bond donors (Lipinski definition) is 3. The second kappa shape index (κ2) is 44.0. The summed E-state index contributed by atoms with van der Waals surface area (Å²) in [7, 11) is -4.63. The molecule has 0 radical (unpaired) electrons. The Bertz CT molecular complexity index is 935. The lowest BCUT2D eigenvalue weighted by molar-refractivity contribution is -0.153. The molecule has 0 heterocycles. The van der Waals surface area contributed by atoms with Crippen LogP contribution < -0.4 is 0 Å². The Morgan fingerprint density at radius 3 is 0.810 bits per heavy atom. The second-order valence-electron chi connectivity index (χ2n) is 16.8. The van der Waals surface area contributed by atoms with Gasteiger partial charge in [-0.25, -0.2) is 4.57 Å². The third-order valence-electron chi connectivity index (χ3n) is 11.1. The predicted molar refractivity (Wildman–Crippen MR) is 238 cm³/mol. The monoisotopic (exact) mass is 849 g/mol. The fourth-order valence-corrected chi connectivity index (χ4v) is 8.08. The van der Waals surface area contributed by atoms with Crippen molar-refractivity contribution in [2.24, 2.45) is 0 Å². The molecule has 0 saturated carbocycles. The van der Waals surface area contributed by atoms with Gasteiger partial charge in [-0.15, -0.1) is 0 Å². The van der Waals surface area contributed by atoms with Gasteiger partial charge >= 0.3 is 19.8 Å². The number of rotatable bonds is 47. The normalized spacial score (nSPS) is 13.7. The molecule has 3 N–H and O–H groups in total. The maximum atomic E-state index is 12.4. The Morgan fingerprint density at radius 1 is 0.397 bits per heavy atom. The Balaban J connectivity index is 3.78. The molecular weight excluding hydrogens is 755 g/mol. The average Bonchev–Trinajstić information content (AvgIpc) is 3.21. The van der Waals surface area contributed by atoms with E-state index in [2.05, 4.69) is 13.8 Å². The first-order valence-corrected chi connectivity index (χ1v) is 26.0. The van der Waals surface area contributed by atoms with Crippen LogP contribution in [0.3, 0.4) is 0 Å². The first kappa shape index (κ1) is 57.0. The highest BCUT2D eigenvalue weighted by Gasteiger charge is 2.27. The zero-order chi connectivity index (χ0) is 42.6.